The maximum absolute atomic E-state index is 12.9. The number of hydrogen-bond donors (Lipinski definition) is 3. The number of nitrogens with one attached hydrogen (secondary N) is 2. The van der Waals surface area contributed by atoms with Gasteiger partial charge in [0.25, 0.3) is 15.9 Å². The Morgan fingerprint density at radius 2 is 1.73 bits per heavy atom. The van der Waals surface area contributed by atoms with Gasteiger partial charge in [0, 0.05) is 42.2 Å². The van der Waals surface area contributed by atoms with Gasteiger partial charge in [0.2, 0.25) is 0 Å². The van der Waals surface area contributed by atoms with Gasteiger partial charge in [-0.2, -0.15) is 4.98 Å². The number of benzene rings is 2. The number of anilines is 1. The molecule has 1 unspecified atom stereocenters. The standard InChI is InChI=1S/C30H37N5O4S/c1-2-3-4-5-6-9-29-33-30(39-34-29)24-12-16-27(17-13-24)40(37,38)35-26-14-10-23(11-15-26)18-20-32-22-28(36)25-8-7-19-31-21-25/h7-8,10-17,19,21,28,32,35-36H,2-6,9,18,20,22H2,1H3. The Bertz CT molecular complexity index is 1410. The van der Waals surface area contributed by atoms with Crippen LogP contribution in [0.4, 0.5) is 5.69 Å². The summed E-state index contributed by atoms with van der Waals surface area (Å²) in [4.78, 5) is 8.62. The Balaban J connectivity index is 1.24. The molecule has 2 aromatic heterocycles. The van der Waals surface area contributed by atoms with Crippen molar-refractivity contribution in [3.05, 3.63) is 90.0 Å². The zero-order valence-electron chi connectivity index (χ0n) is 22.8. The van der Waals surface area contributed by atoms with Gasteiger partial charge in [0.15, 0.2) is 5.82 Å². The van der Waals surface area contributed by atoms with E-state index in [9.17, 15) is 13.5 Å². The summed E-state index contributed by atoms with van der Waals surface area (Å²) in [6, 6.07) is 17.3. The molecule has 0 fully saturated rings. The number of aryl methyl sites for hydroxylation is 1. The second kappa shape index (κ2) is 14.7. The number of aliphatic hydroxyl groups is 1. The number of aliphatic hydroxyl groups excluding tert-OH is 1. The van der Waals surface area contributed by atoms with Gasteiger partial charge in [0.1, 0.15) is 0 Å². The van der Waals surface area contributed by atoms with Crippen molar-refractivity contribution >= 4 is 15.7 Å². The Morgan fingerprint density at radius 1 is 0.950 bits per heavy atom. The summed E-state index contributed by atoms with van der Waals surface area (Å²) in [5.74, 6) is 1.06. The molecule has 2 aromatic carbocycles. The molecule has 0 amide bonds. The van der Waals surface area contributed by atoms with Gasteiger partial charge in [-0.3, -0.25) is 9.71 Å². The number of sulfonamides is 1. The van der Waals surface area contributed by atoms with Gasteiger partial charge in [0.05, 0.1) is 11.0 Å². The third kappa shape index (κ3) is 8.70. The van der Waals surface area contributed by atoms with E-state index in [-0.39, 0.29) is 4.90 Å². The minimum Gasteiger partial charge on any atom is -0.387 e. The molecular weight excluding hydrogens is 526 g/mol. The molecular formula is C30H37N5O4S. The molecule has 212 valence electrons. The van der Waals surface area contributed by atoms with Gasteiger partial charge in [-0.1, -0.05) is 56.0 Å². The average molecular weight is 564 g/mol. The number of pyridine rings is 1. The quantitative estimate of drug-likeness (QED) is 0.156. The molecule has 2 heterocycles. The van der Waals surface area contributed by atoms with Crippen molar-refractivity contribution in [3.63, 3.8) is 0 Å². The molecule has 0 spiro atoms. The Morgan fingerprint density at radius 3 is 2.45 bits per heavy atom. The van der Waals surface area contributed by atoms with Gasteiger partial charge in [-0.15, -0.1) is 0 Å². The van der Waals surface area contributed by atoms with Crippen molar-refractivity contribution in [1.29, 1.82) is 0 Å². The number of nitrogens with zero attached hydrogens (tertiary/aromatic N) is 3. The smallest absolute Gasteiger partial charge is 0.261 e. The second-order valence-electron chi connectivity index (χ2n) is 9.76. The van der Waals surface area contributed by atoms with E-state index in [1.165, 1.54) is 31.4 Å². The van der Waals surface area contributed by atoms with E-state index in [1.807, 2.05) is 18.2 Å². The van der Waals surface area contributed by atoms with Crippen molar-refractivity contribution < 1.29 is 18.0 Å². The van der Waals surface area contributed by atoms with Crippen LogP contribution in [-0.4, -0.2) is 41.7 Å². The summed E-state index contributed by atoms with van der Waals surface area (Å²) in [6.45, 7) is 3.29. The van der Waals surface area contributed by atoms with Crippen molar-refractivity contribution in [2.24, 2.45) is 0 Å². The summed E-state index contributed by atoms with van der Waals surface area (Å²) >= 11 is 0. The fourth-order valence-corrected chi connectivity index (χ4v) is 5.31. The van der Waals surface area contributed by atoms with Crippen LogP contribution >= 0.6 is 0 Å². The van der Waals surface area contributed by atoms with Crippen LogP contribution < -0.4 is 10.0 Å². The first-order valence-corrected chi connectivity index (χ1v) is 15.3. The third-order valence-corrected chi connectivity index (χ3v) is 7.98. The fourth-order valence-electron chi connectivity index (χ4n) is 4.25. The molecule has 0 radical (unpaired) electrons. The summed E-state index contributed by atoms with van der Waals surface area (Å²) in [5.41, 5.74) is 2.98. The predicted octanol–water partition coefficient (Wildman–Crippen LogP) is 5.31. The first-order valence-electron chi connectivity index (χ1n) is 13.8. The van der Waals surface area contributed by atoms with Gasteiger partial charge >= 0.3 is 0 Å². The van der Waals surface area contributed by atoms with Gasteiger partial charge in [-0.05, 0) is 67.4 Å². The lowest BCUT2D eigenvalue weighted by molar-refractivity contribution is 0.174. The van der Waals surface area contributed by atoms with E-state index in [1.54, 1.807) is 42.7 Å². The summed E-state index contributed by atoms with van der Waals surface area (Å²) in [6.07, 6.45) is 10.1. The Kier molecular flexibility index (Phi) is 10.8. The molecule has 0 aliphatic heterocycles. The first kappa shape index (κ1) is 29.4. The van der Waals surface area contributed by atoms with Crippen LogP contribution in [0.5, 0.6) is 0 Å². The molecule has 3 N–H and O–H groups in total. The minimum absolute atomic E-state index is 0.146. The van der Waals surface area contributed by atoms with Gasteiger partial charge in [-0.25, -0.2) is 8.42 Å². The van der Waals surface area contributed by atoms with E-state index in [0.717, 1.165) is 36.8 Å². The maximum Gasteiger partial charge on any atom is 0.261 e. The topological polar surface area (TPSA) is 130 Å². The molecule has 0 aliphatic rings. The van der Waals surface area contributed by atoms with Crippen molar-refractivity contribution in [2.75, 3.05) is 17.8 Å². The van der Waals surface area contributed by atoms with Crippen molar-refractivity contribution in [3.8, 4) is 11.5 Å². The fraction of sp³-hybridized carbons (Fsp3) is 0.367. The SMILES string of the molecule is CCCCCCCc1noc(-c2ccc(S(=O)(=O)Nc3ccc(CCNCC(O)c4cccnc4)cc3)cc2)n1. The van der Waals surface area contributed by atoms with Crippen molar-refractivity contribution in [1.82, 2.24) is 20.4 Å². The van der Waals surface area contributed by atoms with Crippen LogP contribution in [0.1, 0.15) is 62.1 Å². The number of rotatable bonds is 16. The highest BCUT2D eigenvalue weighted by Crippen LogP contribution is 2.22. The molecule has 0 saturated heterocycles. The number of unbranched alkanes of at least 4 members (excludes halogenated alkanes) is 4. The highest BCUT2D eigenvalue weighted by atomic mass is 32.2. The number of hydrogen-bond acceptors (Lipinski definition) is 8. The van der Waals surface area contributed by atoms with Crippen molar-refractivity contribution in [2.45, 2.75) is 62.9 Å². The molecule has 1 atom stereocenters. The van der Waals surface area contributed by atoms with Crippen LogP contribution in [0, 0.1) is 0 Å². The maximum atomic E-state index is 12.9. The van der Waals surface area contributed by atoms with Crippen LogP contribution in [-0.2, 0) is 22.9 Å². The molecule has 4 aromatic rings. The van der Waals surface area contributed by atoms with Crippen LogP contribution in [0.2, 0.25) is 0 Å². The second-order valence-corrected chi connectivity index (χ2v) is 11.4. The van der Waals surface area contributed by atoms with E-state index < -0.39 is 16.1 Å². The van der Waals surface area contributed by atoms with Crippen LogP contribution in [0.15, 0.2) is 82.5 Å². The average Bonchev–Trinajstić information content (AvgIpc) is 3.45. The number of aromatic nitrogens is 3. The third-order valence-electron chi connectivity index (χ3n) is 6.59. The highest BCUT2D eigenvalue weighted by Gasteiger charge is 2.16. The Hall–Kier alpha value is -3.60. The molecule has 4 rings (SSSR count). The van der Waals surface area contributed by atoms with E-state index in [0.29, 0.717) is 36.1 Å². The van der Waals surface area contributed by atoms with E-state index in [2.05, 4.69) is 32.1 Å². The van der Waals surface area contributed by atoms with Crippen LogP contribution in [0.3, 0.4) is 0 Å². The lowest BCUT2D eigenvalue weighted by Crippen LogP contribution is -2.23. The molecule has 9 nitrogen and oxygen atoms in total. The first-order chi connectivity index (χ1) is 19.4. The normalized spacial score (nSPS) is 12.3. The summed E-state index contributed by atoms with van der Waals surface area (Å²) in [5, 5.41) is 17.5. The highest BCUT2D eigenvalue weighted by molar-refractivity contribution is 7.92. The molecule has 0 saturated carbocycles. The lowest BCUT2D eigenvalue weighted by atomic mass is 10.1. The lowest BCUT2D eigenvalue weighted by Gasteiger charge is -2.12. The molecule has 0 aliphatic carbocycles. The minimum atomic E-state index is -3.76. The molecule has 10 heteroatoms. The molecule has 40 heavy (non-hydrogen) atoms. The van der Waals surface area contributed by atoms with E-state index in [4.69, 9.17) is 4.52 Å². The Labute approximate surface area is 236 Å². The summed E-state index contributed by atoms with van der Waals surface area (Å²) in [7, 11) is -3.76. The van der Waals surface area contributed by atoms with Crippen LogP contribution in [0.25, 0.3) is 11.5 Å². The zero-order chi connectivity index (χ0) is 28.2. The molecule has 0 bridgehead atoms. The predicted molar refractivity (Wildman–Crippen MR) is 155 cm³/mol. The zero-order valence-corrected chi connectivity index (χ0v) is 23.6. The monoisotopic (exact) mass is 563 g/mol. The summed E-state index contributed by atoms with van der Waals surface area (Å²) < 4.78 is 33.9. The van der Waals surface area contributed by atoms with Gasteiger partial charge < -0.3 is 14.9 Å². The largest absolute Gasteiger partial charge is 0.387 e. The van der Waals surface area contributed by atoms with E-state index >= 15 is 0 Å².